The molecule has 0 fully saturated rings. The third-order valence-electron chi connectivity index (χ3n) is 2.85. The Bertz CT molecular complexity index is 832. The summed E-state index contributed by atoms with van der Waals surface area (Å²) in [5.41, 5.74) is 0.736. The van der Waals surface area contributed by atoms with Gasteiger partial charge in [0.05, 0.1) is 13.1 Å². The van der Waals surface area contributed by atoms with Crippen LogP contribution in [0.5, 0.6) is 5.75 Å². The number of hydrogen-bond donors (Lipinski definition) is 1. The molecule has 0 aliphatic heterocycles. The maximum absolute atomic E-state index is 12.5. The van der Waals surface area contributed by atoms with E-state index in [-0.39, 0.29) is 10.6 Å². The number of benzene rings is 1. The SMILES string of the molecule is COc1ccc(C=CC(=O)[O-])cc1S(=O)(=O)Nc1ccc[nH+]c1. The van der Waals surface area contributed by atoms with Crippen LogP contribution in [0.3, 0.4) is 0 Å². The standard InChI is InChI=1S/C15H14N2O5S/c1-22-13-6-4-11(5-7-15(18)19)9-14(13)23(20,21)17-12-3-2-8-16-10-12/h2-10,17H,1H3,(H,18,19). The molecule has 0 aliphatic rings. The zero-order valence-electron chi connectivity index (χ0n) is 12.1. The van der Waals surface area contributed by atoms with E-state index in [4.69, 9.17) is 4.74 Å². The first-order valence-corrected chi connectivity index (χ1v) is 7.97. The molecule has 0 aliphatic carbocycles. The predicted molar refractivity (Wildman–Crippen MR) is 80.8 cm³/mol. The van der Waals surface area contributed by atoms with Crippen molar-refractivity contribution in [1.82, 2.24) is 0 Å². The molecule has 2 aromatic rings. The molecule has 2 rings (SSSR count). The molecule has 0 unspecified atom stereocenters. The number of anilines is 1. The van der Waals surface area contributed by atoms with Crippen LogP contribution in [0.25, 0.3) is 6.08 Å². The van der Waals surface area contributed by atoms with E-state index in [0.717, 1.165) is 6.08 Å². The fraction of sp³-hybridized carbons (Fsp3) is 0.0667. The Morgan fingerprint density at radius 3 is 2.74 bits per heavy atom. The minimum absolute atomic E-state index is 0.107. The number of aromatic nitrogens is 1. The highest BCUT2D eigenvalue weighted by Crippen LogP contribution is 2.27. The maximum Gasteiger partial charge on any atom is 0.265 e. The number of H-pyrrole nitrogens is 1. The van der Waals surface area contributed by atoms with Crippen molar-refractivity contribution in [3.05, 3.63) is 54.4 Å². The van der Waals surface area contributed by atoms with Crippen molar-refractivity contribution in [2.45, 2.75) is 4.90 Å². The number of carboxylic acids is 1. The van der Waals surface area contributed by atoms with E-state index in [2.05, 4.69) is 9.71 Å². The number of pyridine rings is 1. The fourth-order valence-electron chi connectivity index (χ4n) is 1.84. The molecule has 0 bridgehead atoms. The second kappa shape index (κ2) is 6.93. The number of hydrogen-bond acceptors (Lipinski definition) is 5. The van der Waals surface area contributed by atoms with E-state index in [0.29, 0.717) is 11.3 Å². The molecular weight excluding hydrogens is 320 g/mol. The fourth-order valence-corrected chi connectivity index (χ4v) is 3.09. The van der Waals surface area contributed by atoms with E-state index in [1.54, 1.807) is 18.3 Å². The Morgan fingerprint density at radius 1 is 1.35 bits per heavy atom. The number of aromatic amines is 1. The summed E-state index contributed by atoms with van der Waals surface area (Å²) >= 11 is 0. The highest BCUT2D eigenvalue weighted by atomic mass is 32.2. The summed E-state index contributed by atoms with van der Waals surface area (Å²) in [5.74, 6) is -1.23. The lowest BCUT2D eigenvalue weighted by Gasteiger charge is -2.11. The minimum Gasteiger partial charge on any atom is -0.545 e. The van der Waals surface area contributed by atoms with Gasteiger partial charge in [-0.1, -0.05) is 12.1 Å². The molecule has 0 spiro atoms. The van der Waals surface area contributed by atoms with E-state index in [1.165, 1.54) is 37.6 Å². The summed E-state index contributed by atoms with van der Waals surface area (Å²) in [6.07, 6.45) is 5.19. The Hall–Kier alpha value is -2.87. The molecule has 8 heteroatoms. The highest BCUT2D eigenvalue weighted by Gasteiger charge is 2.20. The largest absolute Gasteiger partial charge is 0.545 e. The zero-order chi connectivity index (χ0) is 16.9. The first kappa shape index (κ1) is 16.5. The van der Waals surface area contributed by atoms with E-state index in [9.17, 15) is 18.3 Å². The van der Waals surface area contributed by atoms with Crippen molar-refractivity contribution >= 4 is 27.8 Å². The van der Waals surface area contributed by atoms with Crippen LogP contribution in [-0.4, -0.2) is 21.5 Å². The zero-order valence-corrected chi connectivity index (χ0v) is 13.0. The van der Waals surface area contributed by atoms with Gasteiger partial charge >= 0.3 is 0 Å². The maximum atomic E-state index is 12.5. The smallest absolute Gasteiger partial charge is 0.265 e. The number of rotatable bonds is 6. The van der Waals surface area contributed by atoms with Gasteiger partial charge in [-0.3, -0.25) is 4.72 Å². The summed E-state index contributed by atoms with van der Waals surface area (Å²) in [5, 5.41) is 10.5. The van der Waals surface area contributed by atoms with Gasteiger partial charge in [0.1, 0.15) is 16.3 Å². The van der Waals surface area contributed by atoms with Gasteiger partial charge in [-0.25, -0.2) is 13.4 Å². The second-order valence-corrected chi connectivity index (χ2v) is 6.11. The van der Waals surface area contributed by atoms with Gasteiger partial charge in [0.2, 0.25) is 0 Å². The number of sulfonamides is 1. The van der Waals surface area contributed by atoms with E-state index >= 15 is 0 Å². The molecule has 1 heterocycles. The average Bonchev–Trinajstić information content (AvgIpc) is 2.53. The molecule has 0 radical (unpaired) electrons. The Kier molecular flexibility index (Phi) is 4.97. The molecule has 0 saturated heterocycles. The lowest BCUT2D eigenvalue weighted by atomic mass is 10.2. The van der Waals surface area contributed by atoms with Crippen molar-refractivity contribution in [2.75, 3.05) is 11.8 Å². The number of carbonyl (C=O) groups excluding carboxylic acids is 1. The lowest BCUT2D eigenvalue weighted by molar-refractivity contribution is -0.377. The van der Waals surface area contributed by atoms with E-state index in [1.807, 2.05) is 0 Å². The van der Waals surface area contributed by atoms with E-state index < -0.39 is 16.0 Å². The topological polar surface area (TPSA) is 110 Å². The van der Waals surface area contributed by atoms with Crippen molar-refractivity contribution in [2.24, 2.45) is 0 Å². The summed E-state index contributed by atoms with van der Waals surface area (Å²) in [7, 11) is -2.56. The van der Waals surface area contributed by atoms with Crippen LogP contribution in [0, 0.1) is 0 Å². The average molecular weight is 334 g/mol. The van der Waals surface area contributed by atoms with Crippen LogP contribution < -0.4 is 19.5 Å². The van der Waals surface area contributed by atoms with Crippen LogP contribution in [0.1, 0.15) is 5.56 Å². The third-order valence-corrected chi connectivity index (χ3v) is 4.25. The van der Waals surface area contributed by atoms with Crippen LogP contribution in [0.15, 0.2) is 53.7 Å². The Labute approximate surface area is 133 Å². The second-order valence-electron chi connectivity index (χ2n) is 4.46. The van der Waals surface area contributed by atoms with Crippen LogP contribution in [0.2, 0.25) is 0 Å². The molecule has 120 valence electrons. The summed E-state index contributed by atoms with van der Waals surface area (Å²) in [6, 6.07) is 7.52. The van der Waals surface area contributed by atoms with Crippen molar-refractivity contribution in [3.8, 4) is 5.75 Å². The molecule has 0 saturated carbocycles. The summed E-state index contributed by atoms with van der Waals surface area (Å²) < 4.78 is 32.5. The first-order valence-electron chi connectivity index (χ1n) is 6.48. The van der Waals surface area contributed by atoms with Crippen LogP contribution in [0.4, 0.5) is 5.69 Å². The van der Waals surface area contributed by atoms with Gasteiger partial charge in [0.15, 0.2) is 12.4 Å². The van der Waals surface area contributed by atoms with Gasteiger partial charge < -0.3 is 14.6 Å². The lowest BCUT2D eigenvalue weighted by Crippen LogP contribution is -2.18. The van der Waals surface area contributed by atoms with Crippen molar-refractivity contribution in [3.63, 3.8) is 0 Å². The van der Waals surface area contributed by atoms with Gasteiger partial charge in [-0.15, -0.1) is 0 Å². The van der Waals surface area contributed by atoms with Crippen LogP contribution >= 0.6 is 0 Å². The van der Waals surface area contributed by atoms with Gasteiger partial charge in [-0.2, -0.15) is 0 Å². The molecule has 1 aromatic heterocycles. The molecule has 0 atom stereocenters. The highest BCUT2D eigenvalue weighted by molar-refractivity contribution is 7.92. The first-order chi connectivity index (χ1) is 10.9. The predicted octanol–water partition coefficient (Wildman–Crippen LogP) is 0.0732. The molecule has 2 N–H and O–H groups in total. The third kappa shape index (κ3) is 4.30. The van der Waals surface area contributed by atoms with Crippen molar-refractivity contribution < 1.29 is 28.0 Å². The molecule has 0 amide bonds. The summed E-state index contributed by atoms with van der Waals surface area (Å²) in [6.45, 7) is 0. The molecule has 1 aromatic carbocycles. The number of methoxy groups -OCH3 is 1. The number of ether oxygens (including phenoxy) is 1. The Morgan fingerprint density at radius 2 is 2.13 bits per heavy atom. The molecule has 23 heavy (non-hydrogen) atoms. The molecule has 7 nitrogen and oxygen atoms in total. The number of carbonyl (C=O) groups is 1. The molecular formula is C15H14N2O5S. The Balaban J connectivity index is 2.42. The van der Waals surface area contributed by atoms with Crippen LogP contribution in [-0.2, 0) is 14.8 Å². The summed E-state index contributed by atoms with van der Waals surface area (Å²) in [4.78, 5) is 13.1. The quantitative estimate of drug-likeness (QED) is 0.752. The normalized spacial score (nSPS) is 11.3. The van der Waals surface area contributed by atoms with Gasteiger partial charge in [0.25, 0.3) is 10.0 Å². The van der Waals surface area contributed by atoms with Gasteiger partial charge in [0, 0.05) is 6.07 Å². The van der Waals surface area contributed by atoms with Gasteiger partial charge in [-0.05, 0) is 29.8 Å². The monoisotopic (exact) mass is 334 g/mol. The number of nitrogens with one attached hydrogen (secondary N) is 2. The van der Waals surface area contributed by atoms with Crippen molar-refractivity contribution in [1.29, 1.82) is 0 Å². The number of carboxylic acid groups (broad SMARTS) is 1. The number of aliphatic carboxylic acids is 1. The minimum atomic E-state index is -3.91.